The number of alkyl halides is 2. The normalized spacial score (nSPS) is 19.8. The molecular formula is C21H21F4N3O3S. The Hall–Kier alpha value is -2.53. The molecule has 1 aromatic heterocycles. The van der Waals surface area contributed by atoms with Crippen LogP contribution in [0.15, 0.2) is 41.4 Å². The fourth-order valence-corrected chi connectivity index (χ4v) is 5.49. The number of amides is 1. The maximum Gasteiger partial charge on any atom is 0.276 e. The van der Waals surface area contributed by atoms with Gasteiger partial charge in [0.25, 0.3) is 5.92 Å². The van der Waals surface area contributed by atoms with Crippen LogP contribution in [0.2, 0.25) is 0 Å². The molecule has 1 amide bonds. The molecule has 1 aliphatic heterocycles. The summed E-state index contributed by atoms with van der Waals surface area (Å²) in [6.07, 6.45) is 2.82. The predicted octanol–water partition coefficient (Wildman–Crippen LogP) is 3.33. The van der Waals surface area contributed by atoms with E-state index in [-0.39, 0.29) is 30.8 Å². The number of hydrogen-bond donors (Lipinski definition) is 1. The zero-order chi connectivity index (χ0) is 23.1. The molecular weight excluding hydrogens is 450 g/mol. The third kappa shape index (κ3) is 4.36. The minimum atomic E-state index is -4.23. The summed E-state index contributed by atoms with van der Waals surface area (Å²) in [6, 6.07) is 3.66. The number of carbonyl (C=O) groups is 1. The molecule has 2 aromatic rings. The lowest BCUT2D eigenvalue weighted by Gasteiger charge is -2.23. The van der Waals surface area contributed by atoms with Gasteiger partial charge in [-0.25, -0.2) is 26.0 Å². The Labute approximate surface area is 182 Å². The Kier molecular flexibility index (Phi) is 5.97. The number of nitrogens with one attached hydrogen (secondary N) is 1. The van der Waals surface area contributed by atoms with Gasteiger partial charge in [0.15, 0.2) is 11.6 Å². The van der Waals surface area contributed by atoms with Gasteiger partial charge in [-0.2, -0.15) is 4.31 Å². The van der Waals surface area contributed by atoms with Gasteiger partial charge in [0.1, 0.15) is 6.04 Å². The van der Waals surface area contributed by atoms with E-state index in [0.717, 1.165) is 10.4 Å². The molecule has 11 heteroatoms. The zero-order valence-corrected chi connectivity index (χ0v) is 17.7. The molecule has 1 saturated carbocycles. The summed E-state index contributed by atoms with van der Waals surface area (Å²) in [6.45, 7) is -0.107. The number of benzene rings is 1. The quantitative estimate of drug-likeness (QED) is 0.629. The summed E-state index contributed by atoms with van der Waals surface area (Å²) in [5.74, 6) is -6.74. The summed E-state index contributed by atoms with van der Waals surface area (Å²) >= 11 is 0. The number of pyridine rings is 1. The third-order valence-electron chi connectivity index (χ3n) is 5.74. The van der Waals surface area contributed by atoms with Gasteiger partial charge in [0.2, 0.25) is 15.9 Å². The summed E-state index contributed by atoms with van der Waals surface area (Å²) in [5.41, 5.74) is 0.0619. The van der Waals surface area contributed by atoms with Crippen LogP contribution in [0.1, 0.15) is 36.9 Å². The molecule has 1 aliphatic carbocycles. The van der Waals surface area contributed by atoms with Crippen molar-refractivity contribution < 1.29 is 30.8 Å². The molecule has 2 fully saturated rings. The van der Waals surface area contributed by atoms with Crippen LogP contribution in [0, 0.1) is 17.6 Å². The third-order valence-corrected chi connectivity index (χ3v) is 7.64. The van der Waals surface area contributed by atoms with Gasteiger partial charge in [-0.05, 0) is 56.0 Å². The van der Waals surface area contributed by atoms with Crippen LogP contribution < -0.4 is 5.32 Å². The lowest BCUT2D eigenvalue weighted by molar-refractivity contribution is -0.124. The van der Waals surface area contributed by atoms with Crippen LogP contribution in [0.5, 0.6) is 0 Å². The highest BCUT2D eigenvalue weighted by atomic mass is 32.2. The number of sulfonamides is 1. The molecule has 2 heterocycles. The van der Waals surface area contributed by atoms with Crippen molar-refractivity contribution in [1.82, 2.24) is 14.6 Å². The van der Waals surface area contributed by atoms with Gasteiger partial charge in [0, 0.05) is 24.2 Å². The van der Waals surface area contributed by atoms with Gasteiger partial charge in [0.05, 0.1) is 17.1 Å². The number of hydrogen-bond acceptors (Lipinski definition) is 4. The molecule has 6 nitrogen and oxygen atoms in total. The van der Waals surface area contributed by atoms with Crippen molar-refractivity contribution >= 4 is 15.9 Å². The summed E-state index contributed by atoms with van der Waals surface area (Å²) in [7, 11) is -4.23. The van der Waals surface area contributed by atoms with Crippen molar-refractivity contribution in [3.63, 3.8) is 0 Å². The molecule has 1 N–H and O–H groups in total. The molecule has 172 valence electrons. The first-order chi connectivity index (χ1) is 15.1. The molecule has 32 heavy (non-hydrogen) atoms. The van der Waals surface area contributed by atoms with Crippen LogP contribution in [0.25, 0.3) is 0 Å². The fourth-order valence-electron chi connectivity index (χ4n) is 3.82. The van der Waals surface area contributed by atoms with E-state index in [2.05, 4.69) is 10.3 Å². The van der Waals surface area contributed by atoms with Gasteiger partial charge in [-0.3, -0.25) is 9.78 Å². The van der Waals surface area contributed by atoms with E-state index in [1.165, 1.54) is 18.3 Å². The maximum absolute atomic E-state index is 14.3. The lowest BCUT2D eigenvalue weighted by Crippen LogP contribution is -2.45. The van der Waals surface area contributed by atoms with E-state index in [1.54, 1.807) is 0 Å². The van der Waals surface area contributed by atoms with Crippen LogP contribution in [0.3, 0.4) is 0 Å². The number of rotatable bonds is 7. The van der Waals surface area contributed by atoms with Gasteiger partial charge >= 0.3 is 0 Å². The highest BCUT2D eigenvalue weighted by Gasteiger charge is 2.48. The minimum absolute atomic E-state index is 0.0424. The van der Waals surface area contributed by atoms with Crippen LogP contribution in [-0.2, 0) is 27.3 Å². The molecule has 0 unspecified atom stereocenters. The average molecular weight is 471 g/mol. The number of carbonyl (C=O) groups excluding carboxylic acids is 1. The summed E-state index contributed by atoms with van der Waals surface area (Å²) in [5, 5.41) is 2.55. The van der Waals surface area contributed by atoms with Crippen LogP contribution in [0.4, 0.5) is 17.6 Å². The average Bonchev–Trinajstić information content (AvgIpc) is 3.51. The fraction of sp³-hybridized carbons (Fsp3) is 0.429. The van der Waals surface area contributed by atoms with Crippen LogP contribution >= 0.6 is 0 Å². The first-order valence-electron chi connectivity index (χ1n) is 10.2. The zero-order valence-electron chi connectivity index (χ0n) is 16.9. The largest absolute Gasteiger partial charge is 0.349 e. The van der Waals surface area contributed by atoms with Crippen molar-refractivity contribution in [2.24, 2.45) is 5.92 Å². The summed E-state index contributed by atoms with van der Waals surface area (Å²) < 4.78 is 82.1. The molecule has 0 spiro atoms. The molecule has 4 rings (SSSR count). The molecule has 0 radical (unpaired) electrons. The standard InChI is InChI=1S/C21H21F4N3O3S/c22-17-6-5-16(11-18(17)23)32(30,31)28-9-1-2-19(28)20(29)27-12-15-10-14(7-8-26-15)21(24,25)13-3-4-13/h5-8,10-11,13,19H,1-4,9,12H2,(H,27,29)/t19-/m0/s1. The molecule has 0 bridgehead atoms. The first kappa shape index (κ1) is 22.7. The second-order valence-corrected chi connectivity index (χ2v) is 9.89. The highest BCUT2D eigenvalue weighted by molar-refractivity contribution is 7.89. The molecule has 1 aromatic carbocycles. The number of nitrogens with zero attached hydrogens (tertiary/aromatic N) is 2. The van der Waals surface area contributed by atoms with Gasteiger partial charge < -0.3 is 5.32 Å². The Morgan fingerprint density at radius 3 is 2.56 bits per heavy atom. The van der Waals surface area contributed by atoms with E-state index in [0.29, 0.717) is 31.4 Å². The maximum atomic E-state index is 14.3. The van der Waals surface area contributed by atoms with Crippen molar-refractivity contribution in [2.45, 2.75) is 49.1 Å². The Balaban J connectivity index is 1.46. The SMILES string of the molecule is O=C(NCc1cc(C(F)(F)C2CC2)ccn1)[C@@H]1CCCN1S(=O)(=O)c1ccc(F)c(F)c1. The second kappa shape index (κ2) is 8.43. The highest BCUT2D eigenvalue weighted by Crippen LogP contribution is 2.49. The van der Waals surface area contributed by atoms with Crippen molar-refractivity contribution in [1.29, 1.82) is 0 Å². The van der Waals surface area contributed by atoms with Crippen molar-refractivity contribution in [2.75, 3.05) is 6.54 Å². The van der Waals surface area contributed by atoms with E-state index in [9.17, 15) is 30.8 Å². The molecule has 1 saturated heterocycles. The smallest absolute Gasteiger partial charge is 0.276 e. The van der Waals surface area contributed by atoms with Crippen molar-refractivity contribution in [3.8, 4) is 0 Å². The van der Waals surface area contributed by atoms with E-state index in [4.69, 9.17) is 0 Å². The minimum Gasteiger partial charge on any atom is -0.349 e. The number of halogens is 4. The first-order valence-corrected chi connectivity index (χ1v) is 11.6. The molecule has 1 atom stereocenters. The van der Waals surface area contributed by atoms with E-state index < -0.39 is 50.3 Å². The van der Waals surface area contributed by atoms with Crippen molar-refractivity contribution in [3.05, 3.63) is 59.4 Å². The topological polar surface area (TPSA) is 79.4 Å². The Morgan fingerprint density at radius 2 is 1.88 bits per heavy atom. The Bertz CT molecular complexity index is 1140. The van der Waals surface area contributed by atoms with E-state index in [1.807, 2.05) is 0 Å². The lowest BCUT2D eigenvalue weighted by atomic mass is 10.0. The van der Waals surface area contributed by atoms with Gasteiger partial charge in [-0.1, -0.05) is 0 Å². The summed E-state index contributed by atoms with van der Waals surface area (Å²) in [4.78, 5) is 16.3. The van der Waals surface area contributed by atoms with Crippen LogP contribution in [-0.4, -0.2) is 36.2 Å². The Morgan fingerprint density at radius 1 is 1.12 bits per heavy atom. The monoisotopic (exact) mass is 471 g/mol. The predicted molar refractivity (Wildman–Crippen MR) is 106 cm³/mol. The van der Waals surface area contributed by atoms with Gasteiger partial charge in [-0.15, -0.1) is 0 Å². The molecule has 2 aliphatic rings. The second-order valence-electron chi connectivity index (χ2n) is 8.00. The number of aromatic nitrogens is 1. The van der Waals surface area contributed by atoms with E-state index >= 15 is 0 Å².